The minimum Gasteiger partial charge on any atom is -0.505 e. The van der Waals surface area contributed by atoms with Crippen molar-refractivity contribution in [1.29, 1.82) is 5.26 Å². The summed E-state index contributed by atoms with van der Waals surface area (Å²) in [4.78, 5) is 21.9. The average molecular weight is 300 g/mol. The number of nitrogens with two attached hydrogens (primary N) is 1. The lowest BCUT2D eigenvalue weighted by molar-refractivity contribution is -0.115. The van der Waals surface area contributed by atoms with Gasteiger partial charge in [-0.05, 0) is 23.8 Å². The number of carbonyl (C=O) groups excluding carboxylic acids is 2. The summed E-state index contributed by atoms with van der Waals surface area (Å²) in [6, 6.07) is 3.13. The highest BCUT2D eigenvalue weighted by Gasteiger charge is 2.12. The van der Waals surface area contributed by atoms with E-state index in [2.05, 4.69) is 0 Å². The van der Waals surface area contributed by atoms with E-state index in [9.17, 15) is 14.7 Å². The molecule has 1 aromatic rings. The van der Waals surface area contributed by atoms with E-state index in [1.165, 1.54) is 12.1 Å². The van der Waals surface area contributed by atoms with Gasteiger partial charge >= 0.3 is 6.03 Å². The fourth-order valence-corrected chi connectivity index (χ4v) is 1.67. The zero-order chi connectivity index (χ0) is 14.6. The molecule has 98 valence electrons. The van der Waals surface area contributed by atoms with Crippen molar-refractivity contribution in [3.8, 4) is 11.8 Å². The highest BCUT2D eigenvalue weighted by atomic mass is 35.5. The summed E-state index contributed by atoms with van der Waals surface area (Å²) in [6.07, 6.45) is 1.15. The van der Waals surface area contributed by atoms with Gasteiger partial charge in [-0.2, -0.15) is 5.26 Å². The topological polar surface area (TPSA) is 116 Å². The van der Waals surface area contributed by atoms with Crippen LogP contribution >= 0.6 is 23.2 Å². The molecule has 3 amide bonds. The summed E-state index contributed by atoms with van der Waals surface area (Å²) in [5, 5.41) is 19.9. The van der Waals surface area contributed by atoms with Gasteiger partial charge in [0.15, 0.2) is 5.75 Å². The van der Waals surface area contributed by atoms with E-state index in [1.807, 2.05) is 0 Å². The summed E-state index contributed by atoms with van der Waals surface area (Å²) in [5.41, 5.74) is 4.71. The molecule has 0 aromatic heterocycles. The maximum atomic E-state index is 11.4. The third kappa shape index (κ3) is 3.88. The largest absolute Gasteiger partial charge is 0.505 e. The first kappa shape index (κ1) is 14.8. The van der Waals surface area contributed by atoms with Crippen molar-refractivity contribution >= 4 is 41.2 Å². The van der Waals surface area contributed by atoms with Crippen molar-refractivity contribution in [2.45, 2.75) is 0 Å². The molecule has 0 radical (unpaired) electrons. The summed E-state index contributed by atoms with van der Waals surface area (Å²) >= 11 is 11.4. The molecule has 0 fully saturated rings. The van der Waals surface area contributed by atoms with Gasteiger partial charge in [0.05, 0.1) is 10.0 Å². The molecule has 0 heterocycles. The summed E-state index contributed by atoms with van der Waals surface area (Å²) in [6.45, 7) is 0. The Hall–Kier alpha value is -2.23. The molecule has 0 bridgehead atoms. The molecule has 0 unspecified atom stereocenters. The van der Waals surface area contributed by atoms with Crippen molar-refractivity contribution in [3.05, 3.63) is 33.3 Å². The Morgan fingerprint density at radius 2 is 1.89 bits per heavy atom. The number of nitrogens with one attached hydrogen (secondary N) is 1. The van der Waals surface area contributed by atoms with Crippen LogP contribution in [-0.4, -0.2) is 17.0 Å². The molecule has 0 aliphatic rings. The molecule has 6 nitrogen and oxygen atoms in total. The lowest BCUT2D eigenvalue weighted by Crippen LogP contribution is -2.35. The monoisotopic (exact) mass is 299 g/mol. The lowest BCUT2D eigenvalue weighted by Gasteiger charge is -2.03. The standard InChI is InChI=1S/C11H7Cl2N3O3/c12-7-2-5(3-8(13)9(7)17)1-6(4-14)10(18)16-11(15)19/h1-3,17H,(H3,15,16,18,19)/b6-1-. The molecular weight excluding hydrogens is 293 g/mol. The number of nitriles is 1. The van der Waals surface area contributed by atoms with Crippen molar-refractivity contribution in [1.82, 2.24) is 5.32 Å². The first-order valence-electron chi connectivity index (χ1n) is 4.75. The summed E-state index contributed by atoms with van der Waals surface area (Å²) in [7, 11) is 0. The quantitative estimate of drug-likeness (QED) is 0.570. The number of carbonyl (C=O) groups is 2. The molecular formula is C11H7Cl2N3O3. The highest BCUT2D eigenvalue weighted by molar-refractivity contribution is 6.37. The predicted molar refractivity (Wildman–Crippen MR) is 69.4 cm³/mol. The number of primary amides is 1. The fourth-order valence-electron chi connectivity index (χ4n) is 1.16. The number of urea groups is 1. The van der Waals surface area contributed by atoms with Crippen molar-refractivity contribution in [2.24, 2.45) is 5.73 Å². The molecule has 8 heteroatoms. The third-order valence-corrected chi connectivity index (χ3v) is 2.53. The number of amides is 3. The minimum atomic E-state index is -1.08. The number of hydrogen-bond acceptors (Lipinski definition) is 4. The molecule has 0 aliphatic heterocycles. The SMILES string of the molecule is N#C/C(=C/c1cc(Cl)c(O)c(Cl)c1)C(=O)NC(N)=O. The van der Waals surface area contributed by atoms with Crippen LogP contribution in [0.25, 0.3) is 6.08 Å². The van der Waals surface area contributed by atoms with Gasteiger partial charge in [0.2, 0.25) is 0 Å². The van der Waals surface area contributed by atoms with Crippen molar-refractivity contribution < 1.29 is 14.7 Å². The van der Waals surface area contributed by atoms with Crippen molar-refractivity contribution in [3.63, 3.8) is 0 Å². The van der Waals surface area contributed by atoms with Gasteiger partial charge in [-0.1, -0.05) is 23.2 Å². The molecule has 0 spiro atoms. The normalized spacial score (nSPS) is 10.7. The van der Waals surface area contributed by atoms with Gasteiger partial charge in [0.25, 0.3) is 5.91 Å². The van der Waals surface area contributed by atoms with E-state index in [0.29, 0.717) is 5.56 Å². The van der Waals surface area contributed by atoms with E-state index >= 15 is 0 Å². The number of halogens is 2. The molecule has 0 saturated heterocycles. The van der Waals surface area contributed by atoms with Crippen LogP contribution < -0.4 is 11.1 Å². The van der Waals surface area contributed by atoms with Gasteiger partial charge in [-0.25, -0.2) is 4.79 Å². The zero-order valence-corrected chi connectivity index (χ0v) is 10.8. The molecule has 19 heavy (non-hydrogen) atoms. The smallest absolute Gasteiger partial charge is 0.319 e. The molecule has 1 aromatic carbocycles. The van der Waals surface area contributed by atoms with Crippen LogP contribution in [0.1, 0.15) is 5.56 Å². The van der Waals surface area contributed by atoms with Crippen LogP contribution in [0.2, 0.25) is 10.0 Å². The van der Waals surface area contributed by atoms with Crippen LogP contribution in [0.5, 0.6) is 5.75 Å². The summed E-state index contributed by atoms with van der Waals surface area (Å²) < 4.78 is 0. The Labute approximate surface area is 118 Å². The minimum absolute atomic E-state index is 0.0358. The molecule has 4 N–H and O–H groups in total. The predicted octanol–water partition coefficient (Wildman–Crippen LogP) is 1.80. The van der Waals surface area contributed by atoms with Crippen LogP contribution in [0.4, 0.5) is 4.79 Å². The second kappa shape index (κ2) is 6.09. The van der Waals surface area contributed by atoms with Gasteiger partial charge in [-0.15, -0.1) is 0 Å². The van der Waals surface area contributed by atoms with E-state index in [1.54, 1.807) is 11.4 Å². The Kier molecular flexibility index (Phi) is 4.75. The van der Waals surface area contributed by atoms with Crippen LogP contribution in [0.3, 0.4) is 0 Å². The second-order valence-corrected chi connectivity index (χ2v) is 4.14. The van der Waals surface area contributed by atoms with Gasteiger partial charge < -0.3 is 10.8 Å². The zero-order valence-electron chi connectivity index (χ0n) is 9.28. The van der Waals surface area contributed by atoms with Gasteiger partial charge in [0.1, 0.15) is 11.6 Å². The Bertz CT molecular complexity index is 597. The van der Waals surface area contributed by atoms with Crippen LogP contribution in [0, 0.1) is 11.3 Å². The number of phenolic OH excluding ortho intramolecular Hbond substituents is 1. The Morgan fingerprint density at radius 1 is 1.37 bits per heavy atom. The number of benzene rings is 1. The van der Waals surface area contributed by atoms with E-state index < -0.39 is 11.9 Å². The van der Waals surface area contributed by atoms with Crippen LogP contribution in [-0.2, 0) is 4.79 Å². The molecule has 1 rings (SSSR count). The lowest BCUT2D eigenvalue weighted by atomic mass is 10.1. The van der Waals surface area contributed by atoms with Gasteiger partial charge in [-0.3, -0.25) is 10.1 Å². The molecule has 0 aliphatic carbocycles. The van der Waals surface area contributed by atoms with Crippen LogP contribution in [0.15, 0.2) is 17.7 Å². The Balaban J connectivity index is 3.16. The third-order valence-electron chi connectivity index (χ3n) is 1.95. The first-order chi connectivity index (χ1) is 8.85. The fraction of sp³-hybridized carbons (Fsp3) is 0. The second-order valence-electron chi connectivity index (χ2n) is 3.32. The summed E-state index contributed by atoms with van der Waals surface area (Å²) in [5.74, 6) is -1.25. The molecule has 0 saturated carbocycles. The maximum Gasteiger partial charge on any atom is 0.319 e. The number of nitrogens with zero attached hydrogens (tertiary/aromatic N) is 1. The molecule has 0 atom stereocenters. The van der Waals surface area contributed by atoms with Gasteiger partial charge in [0, 0.05) is 0 Å². The highest BCUT2D eigenvalue weighted by Crippen LogP contribution is 2.33. The number of imide groups is 1. The number of hydrogen-bond donors (Lipinski definition) is 3. The maximum absolute atomic E-state index is 11.4. The van der Waals surface area contributed by atoms with Crippen molar-refractivity contribution in [2.75, 3.05) is 0 Å². The van der Waals surface area contributed by atoms with E-state index in [0.717, 1.165) is 6.08 Å². The average Bonchev–Trinajstić information content (AvgIpc) is 2.31. The number of phenols is 1. The van der Waals surface area contributed by atoms with E-state index in [-0.39, 0.29) is 21.4 Å². The number of aromatic hydroxyl groups is 1. The Morgan fingerprint density at radius 3 is 2.32 bits per heavy atom. The first-order valence-corrected chi connectivity index (χ1v) is 5.51. The number of rotatable bonds is 2. The van der Waals surface area contributed by atoms with E-state index in [4.69, 9.17) is 34.2 Å².